The number of fused-ring (bicyclic) bond motifs is 1. The zero-order valence-electron chi connectivity index (χ0n) is 9.83. The van der Waals surface area contributed by atoms with Gasteiger partial charge in [-0.2, -0.15) is 0 Å². The van der Waals surface area contributed by atoms with Gasteiger partial charge in [-0.3, -0.25) is 0 Å². The van der Waals surface area contributed by atoms with Gasteiger partial charge in [0.05, 0.1) is 25.9 Å². The minimum atomic E-state index is -0.560. The molecule has 1 unspecified atom stereocenters. The van der Waals surface area contributed by atoms with Crippen LogP contribution in [0.1, 0.15) is 21.8 Å². The van der Waals surface area contributed by atoms with Gasteiger partial charge in [0.2, 0.25) is 0 Å². The van der Waals surface area contributed by atoms with Crippen LogP contribution in [-0.2, 0) is 6.42 Å². The molecule has 0 saturated carbocycles. The molecular formula is C13H12N2OS2. The molecule has 0 bridgehead atoms. The second kappa shape index (κ2) is 4.76. The maximum atomic E-state index is 10.1. The van der Waals surface area contributed by atoms with Crippen LogP contribution in [0.4, 0.5) is 0 Å². The van der Waals surface area contributed by atoms with E-state index in [1.807, 2.05) is 30.5 Å². The van der Waals surface area contributed by atoms with E-state index in [0.717, 1.165) is 25.9 Å². The molecule has 1 N–H and O–H groups in total. The molecule has 0 aliphatic carbocycles. The SMILES string of the molecule is Cc1nc(C(O)Cc2nc3ccccc3s2)cs1. The minimum absolute atomic E-state index is 0.530. The fourth-order valence-electron chi connectivity index (χ4n) is 1.81. The number of aliphatic hydroxyl groups is 1. The van der Waals surface area contributed by atoms with Gasteiger partial charge in [-0.25, -0.2) is 9.97 Å². The Bertz CT molecular complexity index is 641. The lowest BCUT2D eigenvalue weighted by atomic mass is 10.2. The van der Waals surface area contributed by atoms with Gasteiger partial charge in [-0.15, -0.1) is 22.7 Å². The number of rotatable bonds is 3. The van der Waals surface area contributed by atoms with E-state index in [0.29, 0.717) is 6.42 Å². The molecule has 0 saturated heterocycles. The highest BCUT2D eigenvalue weighted by Gasteiger charge is 2.14. The molecule has 3 aromatic rings. The monoisotopic (exact) mass is 276 g/mol. The Hall–Kier alpha value is -1.30. The number of hydrogen-bond acceptors (Lipinski definition) is 5. The van der Waals surface area contributed by atoms with Crippen molar-refractivity contribution in [2.75, 3.05) is 0 Å². The zero-order chi connectivity index (χ0) is 12.5. The highest BCUT2D eigenvalue weighted by Crippen LogP contribution is 2.26. The molecule has 0 amide bonds. The van der Waals surface area contributed by atoms with Gasteiger partial charge in [0.15, 0.2) is 0 Å². The van der Waals surface area contributed by atoms with Crippen LogP contribution in [0.5, 0.6) is 0 Å². The zero-order valence-corrected chi connectivity index (χ0v) is 11.5. The third kappa shape index (κ3) is 2.29. The Labute approximate surface area is 113 Å². The van der Waals surface area contributed by atoms with Gasteiger partial charge in [-0.05, 0) is 19.1 Å². The molecule has 92 valence electrons. The van der Waals surface area contributed by atoms with Crippen LogP contribution >= 0.6 is 22.7 Å². The molecular weight excluding hydrogens is 264 g/mol. The van der Waals surface area contributed by atoms with Crippen LogP contribution < -0.4 is 0 Å². The molecule has 1 atom stereocenters. The van der Waals surface area contributed by atoms with E-state index in [4.69, 9.17) is 0 Å². The predicted molar refractivity (Wildman–Crippen MR) is 75.1 cm³/mol. The maximum Gasteiger partial charge on any atom is 0.103 e. The summed E-state index contributed by atoms with van der Waals surface area (Å²) in [5, 5.41) is 14.0. The third-order valence-electron chi connectivity index (χ3n) is 2.68. The Morgan fingerprint density at radius 2 is 2.11 bits per heavy atom. The van der Waals surface area contributed by atoms with Gasteiger partial charge in [-0.1, -0.05) is 12.1 Å². The first-order chi connectivity index (χ1) is 8.72. The largest absolute Gasteiger partial charge is 0.386 e. The number of nitrogens with zero attached hydrogens (tertiary/aromatic N) is 2. The van der Waals surface area contributed by atoms with Crippen LogP contribution in [0.25, 0.3) is 10.2 Å². The first-order valence-electron chi connectivity index (χ1n) is 5.67. The summed E-state index contributed by atoms with van der Waals surface area (Å²) in [6.07, 6.45) is -0.0294. The van der Waals surface area contributed by atoms with Crippen LogP contribution in [0, 0.1) is 6.92 Å². The molecule has 0 radical (unpaired) electrons. The van der Waals surface area contributed by atoms with Crippen molar-refractivity contribution in [1.29, 1.82) is 0 Å². The summed E-state index contributed by atoms with van der Waals surface area (Å²) < 4.78 is 1.16. The summed E-state index contributed by atoms with van der Waals surface area (Å²) in [5.41, 5.74) is 1.75. The molecule has 0 spiro atoms. The lowest BCUT2D eigenvalue weighted by Crippen LogP contribution is -2.01. The highest BCUT2D eigenvalue weighted by atomic mass is 32.1. The Morgan fingerprint density at radius 3 is 2.83 bits per heavy atom. The summed E-state index contributed by atoms with van der Waals surface area (Å²) >= 11 is 3.19. The highest BCUT2D eigenvalue weighted by molar-refractivity contribution is 7.18. The van der Waals surface area contributed by atoms with Gasteiger partial charge in [0, 0.05) is 11.8 Å². The van der Waals surface area contributed by atoms with Gasteiger partial charge in [0.25, 0.3) is 0 Å². The van der Waals surface area contributed by atoms with Crippen molar-refractivity contribution < 1.29 is 5.11 Å². The standard InChI is InChI=1S/C13H12N2OS2/c1-8-14-10(7-17-8)11(16)6-13-15-9-4-2-3-5-12(9)18-13/h2-5,7,11,16H,6H2,1H3. The average molecular weight is 276 g/mol. The van der Waals surface area contributed by atoms with E-state index in [-0.39, 0.29) is 0 Å². The summed E-state index contributed by atoms with van der Waals surface area (Å²) in [4.78, 5) is 8.83. The maximum absolute atomic E-state index is 10.1. The second-order valence-corrected chi connectivity index (χ2v) is 6.26. The third-order valence-corrected chi connectivity index (χ3v) is 4.53. The first-order valence-corrected chi connectivity index (χ1v) is 7.36. The molecule has 5 heteroatoms. The van der Waals surface area contributed by atoms with E-state index in [9.17, 15) is 5.11 Å². The summed E-state index contributed by atoms with van der Waals surface area (Å²) in [5.74, 6) is 0. The normalized spacial score (nSPS) is 13.0. The quantitative estimate of drug-likeness (QED) is 0.798. The second-order valence-electron chi connectivity index (χ2n) is 4.09. The molecule has 18 heavy (non-hydrogen) atoms. The lowest BCUT2D eigenvalue weighted by Gasteiger charge is -2.04. The van der Waals surface area contributed by atoms with E-state index in [1.54, 1.807) is 22.7 Å². The molecule has 0 aliphatic heterocycles. The summed E-state index contributed by atoms with van der Waals surface area (Å²) in [7, 11) is 0. The van der Waals surface area contributed by atoms with E-state index >= 15 is 0 Å². The molecule has 3 nitrogen and oxygen atoms in total. The predicted octanol–water partition coefficient (Wildman–Crippen LogP) is 3.34. The van der Waals surface area contributed by atoms with E-state index < -0.39 is 6.10 Å². The summed E-state index contributed by atoms with van der Waals surface area (Å²) in [6, 6.07) is 8.03. The number of aryl methyl sites for hydroxylation is 1. The van der Waals surface area contributed by atoms with Crippen molar-refractivity contribution in [3.8, 4) is 0 Å². The number of aliphatic hydroxyl groups excluding tert-OH is 1. The minimum Gasteiger partial charge on any atom is -0.386 e. The van der Waals surface area contributed by atoms with Crippen molar-refractivity contribution in [1.82, 2.24) is 9.97 Å². The van der Waals surface area contributed by atoms with E-state index in [2.05, 4.69) is 16.0 Å². The fourth-order valence-corrected chi connectivity index (χ4v) is 3.47. The number of para-hydroxylation sites is 1. The molecule has 3 rings (SSSR count). The van der Waals surface area contributed by atoms with E-state index in [1.165, 1.54) is 0 Å². The lowest BCUT2D eigenvalue weighted by molar-refractivity contribution is 0.174. The van der Waals surface area contributed by atoms with Crippen molar-refractivity contribution in [2.45, 2.75) is 19.4 Å². The molecule has 1 aromatic carbocycles. The topological polar surface area (TPSA) is 46.0 Å². The molecule has 0 aliphatic rings. The van der Waals surface area contributed by atoms with Crippen molar-refractivity contribution >= 4 is 32.9 Å². The number of hydrogen-bond donors (Lipinski definition) is 1. The summed E-state index contributed by atoms with van der Waals surface area (Å²) in [6.45, 7) is 1.94. The molecule has 2 aromatic heterocycles. The number of aromatic nitrogens is 2. The van der Waals surface area contributed by atoms with Crippen molar-refractivity contribution in [3.05, 3.63) is 45.4 Å². The number of benzene rings is 1. The van der Waals surface area contributed by atoms with Crippen LogP contribution in [-0.4, -0.2) is 15.1 Å². The first kappa shape index (κ1) is 11.8. The number of thiazole rings is 2. The fraction of sp³-hybridized carbons (Fsp3) is 0.231. The Balaban J connectivity index is 1.83. The Morgan fingerprint density at radius 1 is 1.28 bits per heavy atom. The van der Waals surface area contributed by atoms with Crippen molar-refractivity contribution in [2.24, 2.45) is 0 Å². The Kier molecular flexibility index (Phi) is 3.11. The smallest absolute Gasteiger partial charge is 0.103 e. The van der Waals surface area contributed by atoms with Gasteiger partial charge >= 0.3 is 0 Å². The van der Waals surface area contributed by atoms with Crippen LogP contribution in [0.2, 0.25) is 0 Å². The van der Waals surface area contributed by atoms with Gasteiger partial charge in [0.1, 0.15) is 6.10 Å². The molecule has 0 fully saturated rings. The van der Waals surface area contributed by atoms with Gasteiger partial charge < -0.3 is 5.11 Å². The van der Waals surface area contributed by atoms with Crippen LogP contribution in [0.15, 0.2) is 29.6 Å². The molecule has 2 heterocycles. The average Bonchev–Trinajstić information content (AvgIpc) is 2.94. The van der Waals surface area contributed by atoms with Crippen LogP contribution in [0.3, 0.4) is 0 Å². The van der Waals surface area contributed by atoms with Crippen molar-refractivity contribution in [3.63, 3.8) is 0 Å².